The van der Waals surface area contributed by atoms with E-state index < -0.39 is 17.9 Å². The van der Waals surface area contributed by atoms with Crippen LogP contribution in [0.15, 0.2) is 36.5 Å². The highest BCUT2D eigenvalue weighted by Crippen LogP contribution is 2.36. The zero-order valence-electron chi connectivity index (χ0n) is 15.6. The van der Waals surface area contributed by atoms with Crippen molar-refractivity contribution in [2.45, 2.75) is 39.4 Å². The van der Waals surface area contributed by atoms with E-state index in [1.807, 2.05) is 45.0 Å². The number of fused-ring (bicyclic) bond motifs is 1. The molecule has 0 fully saturated rings. The Kier molecular flexibility index (Phi) is 5.25. The molecule has 1 aliphatic heterocycles. The molecule has 8 heteroatoms. The van der Waals surface area contributed by atoms with Crippen molar-refractivity contribution in [3.63, 3.8) is 0 Å². The predicted octanol–water partition coefficient (Wildman–Crippen LogP) is 0.920. The molecule has 0 saturated heterocycles. The van der Waals surface area contributed by atoms with Crippen molar-refractivity contribution in [3.05, 3.63) is 47.8 Å². The third kappa shape index (κ3) is 3.69. The SMILES string of the molecule is Cc1ccnn1CCNC(=O)C(=O)N[C@@H]1C(=O)N(C(C)C)c2ccccc21. The van der Waals surface area contributed by atoms with Crippen LogP contribution in [-0.4, -0.2) is 40.1 Å². The number of hydrogen-bond donors (Lipinski definition) is 2. The zero-order valence-corrected chi connectivity index (χ0v) is 15.6. The summed E-state index contributed by atoms with van der Waals surface area (Å²) in [7, 11) is 0. The number of nitrogens with zero attached hydrogens (tertiary/aromatic N) is 3. The highest BCUT2D eigenvalue weighted by molar-refractivity contribution is 6.35. The second-order valence-electron chi connectivity index (χ2n) is 6.72. The molecule has 1 aromatic carbocycles. The number of anilines is 1. The van der Waals surface area contributed by atoms with Crippen LogP contribution in [0.2, 0.25) is 0 Å². The minimum atomic E-state index is -0.852. The van der Waals surface area contributed by atoms with Crippen LogP contribution >= 0.6 is 0 Å². The van der Waals surface area contributed by atoms with Crippen LogP contribution in [0.5, 0.6) is 0 Å². The van der Waals surface area contributed by atoms with Crippen LogP contribution in [-0.2, 0) is 20.9 Å². The van der Waals surface area contributed by atoms with Gasteiger partial charge in [-0.2, -0.15) is 5.10 Å². The molecule has 0 saturated carbocycles. The fourth-order valence-corrected chi connectivity index (χ4v) is 3.20. The van der Waals surface area contributed by atoms with E-state index in [0.29, 0.717) is 12.1 Å². The van der Waals surface area contributed by atoms with Gasteiger partial charge in [0.2, 0.25) is 0 Å². The highest BCUT2D eigenvalue weighted by atomic mass is 16.2. The molecule has 2 heterocycles. The number of para-hydroxylation sites is 1. The number of amides is 3. The molecule has 0 unspecified atom stereocenters. The third-order valence-corrected chi connectivity index (χ3v) is 4.53. The van der Waals surface area contributed by atoms with Crippen molar-refractivity contribution in [1.29, 1.82) is 0 Å². The number of rotatable bonds is 5. The monoisotopic (exact) mass is 369 g/mol. The average molecular weight is 369 g/mol. The lowest BCUT2D eigenvalue weighted by atomic mass is 10.1. The molecule has 3 amide bonds. The summed E-state index contributed by atoms with van der Waals surface area (Å²) < 4.78 is 1.73. The maximum absolute atomic E-state index is 12.7. The number of aryl methyl sites for hydroxylation is 1. The van der Waals surface area contributed by atoms with Crippen molar-refractivity contribution < 1.29 is 14.4 Å². The lowest BCUT2D eigenvalue weighted by Crippen LogP contribution is -2.46. The van der Waals surface area contributed by atoms with E-state index in [-0.39, 0.29) is 18.5 Å². The van der Waals surface area contributed by atoms with Gasteiger partial charge in [-0.25, -0.2) is 0 Å². The number of carbonyl (C=O) groups is 3. The second-order valence-corrected chi connectivity index (χ2v) is 6.72. The van der Waals surface area contributed by atoms with Crippen molar-refractivity contribution in [1.82, 2.24) is 20.4 Å². The Morgan fingerprint density at radius 3 is 2.59 bits per heavy atom. The van der Waals surface area contributed by atoms with E-state index >= 15 is 0 Å². The molecular formula is C19H23N5O3. The first-order valence-corrected chi connectivity index (χ1v) is 8.89. The summed E-state index contributed by atoms with van der Waals surface area (Å²) in [6, 6.07) is 8.24. The molecule has 8 nitrogen and oxygen atoms in total. The average Bonchev–Trinajstić information content (AvgIpc) is 3.16. The molecule has 27 heavy (non-hydrogen) atoms. The lowest BCUT2D eigenvalue weighted by Gasteiger charge is -2.22. The minimum absolute atomic E-state index is 0.0494. The van der Waals surface area contributed by atoms with E-state index in [2.05, 4.69) is 15.7 Å². The summed E-state index contributed by atoms with van der Waals surface area (Å²) in [5.41, 5.74) is 2.43. The van der Waals surface area contributed by atoms with E-state index in [1.165, 1.54) is 0 Å². The number of benzene rings is 1. The van der Waals surface area contributed by atoms with Gasteiger partial charge in [-0.05, 0) is 32.9 Å². The molecule has 3 rings (SSSR count). The molecule has 1 aliphatic rings. The van der Waals surface area contributed by atoms with E-state index in [4.69, 9.17) is 0 Å². The molecule has 0 aliphatic carbocycles. The molecule has 0 radical (unpaired) electrons. The highest BCUT2D eigenvalue weighted by Gasteiger charge is 2.39. The molecular weight excluding hydrogens is 346 g/mol. The number of aromatic nitrogens is 2. The molecule has 2 N–H and O–H groups in total. The lowest BCUT2D eigenvalue weighted by molar-refractivity contribution is -0.140. The van der Waals surface area contributed by atoms with E-state index in [0.717, 1.165) is 11.4 Å². The first kappa shape index (κ1) is 18.6. The Hall–Kier alpha value is -3.16. The predicted molar refractivity (Wildman–Crippen MR) is 99.9 cm³/mol. The first-order chi connectivity index (χ1) is 12.9. The Morgan fingerprint density at radius 1 is 1.19 bits per heavy atom. The summed E-state index contributed by atoms with van der Waals surface area (Å²) in [6.45, 7) is 6.45. The summed E-state index contributed by atoms with van der Waals surface area (Å²) >= 11 is 0. The summed E-state index contributed by atoms with van der Waals surface area (Å²) in [5.74, 6) is -1.83. The molecule has 1 aromatic heterocycles. The van der Waals surface area contributed by atoms with E-state index in [1.54, 1.807) is 21.8 Å². The Labute approximate surface area is 157 Å². The first-order valence-electron chi connectivity index (χ1n) is 8.89. The van der Waals surface area contributed by atoms with Gasteiger partial charge in [0.25, 0.3) is 5.91 Å². The quantitative estimate of drug-likeness (QED) is 0.766. The number of hydrogen-bond acceptors (Lipinski definition) is 4. The van der Waals surface area contributed by atoms with Gasteiger partial charge in [-0.15, -0.1) is 0 Å². The summed E-state index contributed by atoms with van der Waals surface area (Å²) in [4.78, 5) is 38.7. The fourth-order valence-electron chi connectivity index (χ4n) is 3.20. The van der Waals surface area contributed by atoms with Gasteiger partial charge in [-0.1, -0.05) is 18.2 Å². The van der Waals surface area contributed by atoms with Crippen LogP contribution in [0.25, 0.3) is 0 Å². The van der Waals surface area contributed by atoms with Crippen molar-refractivity contribution in [2.75, 3.05) is 11.4 Å². The zero-order chi connectivity index (χ0) is 19.6. The molecule has 1 atom stereocenters. The smallest absolute Gasteiger partial charge is 0.310 e. The van der Waals surface area contributed by atoms with Gasteiger partial charge in [0.05, 0.1) is 6.54 Å². The molecule has 0 spiro atoms. The van der Waals surface area contributed by atoms with Crippen LogP contribution in [0.3, 0.4) is 0 Å². The standard InChI is InChI=1S/C19H23N5O3/c1-12(2)24-15-7-5-4-6-14(15)16(19(24)27)22-18(26)17(25)20-10-11-23-13(3)8-9-21-23/h4-9,12,16H,10-11H2,1-3H3,(H,20,25)(H,22,26)/t16-/m0/s1. The third-order valence-electron chi connectivity index (χ3n) is 4.53. The van der Waals surface area contributed by atoms with Gasteiger partial charge in [0.15, 0.2) is 0 Å². The van der Waals surface area contributed by atoms with Crippen LogP contribution in [0, 0.1) is 6.92 Å². The van der Waals surface area contributed by atoms with Gasteiger partial charge in [0, 0.05) is 35.7 Å². The topological polar surface area (TPSA) is 96.3 Å². The van der Waals surface area contributed by atoms with Crippen LogP contribution in [0.4, 0.5) is 5.69 Å². The van der Waals surface area contributed by atoms with Gasteiger partial charge >= 0.3 is 11.8 Å². The van der Waals surface area contributed by atoms with E-state index in [9.17, 15) is 14.4 Å². The van der Waals surface area contributed by atoms with Crippen LogP contribution in [0.1, 0.15) is 31.1 Å². The Morgan fingerprint density at radius 2 is 1.93 bits per heavy atom. The van der Waals surface area contributed by atoms with Crippen molar-refractivity contribution in [2.24, 2.45) is 0 Å². The minimum Gasteiger partial charge on any atom is -0.346 e. The van der Waals surface area contributed by atoms with Crippen molar-refractivity contribution in [3.8, 4) is 0 Å². The maximum atomic E-state index is 12.7. The summed E-state index contributed by atoms with van der Waals surface area (Å²) in [6.07, 6.45) is 1.67. The largest absolute Gasteiger partial charge is 0.346 e. The maximum Gasteiger partial charge on any atom is 0.310 e. The normalized spacial score (nSPS) is 15.8. The van der Waals surface area contributed by atoms with Crippen molar-refractivity contribution >= 4 is 23.4 Å². The van der Waals surface area contributed by atoms with Gasteiger partial charge in [-0.3, -0.25) is 19.1 Å². The summed E-state index contributed by atoms with van der Waals surface area (Å²) in [5, 5.41) is 9.23. The number of carbonyl (C=O) groups excluding carboxylic acids is 3. The van der Waals surface area contributed by atoms with Gasteiger partial charge in [0.1, 0.15) is 6.04 Å². The van der Waals surface area contributed by atoms with Crippen LogP contribution < -0.4 is 15.5 Å². The fraction of sp³-hybridized carbons (Fsp3) is 0.368. The Balaban J connectivity index is 1.62. The molecule has 2 aromatic rings. The number of nitrogens with one attached hydrogen (secondary N) is 2. The molecule has 142 valence electrons. The second kappa shape index (κ2) is 7.61. The molecule has 0 bridgehead atoms. The Bertz CT molecular complexity index is 874. The van der Waals surface area contributed by atoms with Gasteiger partial charge < -0.3 is 15.5 Å².